The van der Waals surface area contributed by atoms with Crippen LogP contribution in [0.25, 0.3) is 22.3 Å². The van der Waals surface area contributed by atoms with E-state index in [0.717, 1.165) is 20.9 Å². The van der Waals surface area contributed by atoms with Gasteiger partial charge >= 0.3 is 0 Å². The molecule has 0 amide bonds. The molecule has 0 aliphatic heterocycles. The molecule has 1 aromatic heterocycles. The van der Waals surface area contributed by atoms with Gasteiger partial charge in [-0.1, -0.05) is 39.7 Å². The first kappa shape index (κ1) is 12.4. The summed E-state index contributed by atoms with van der Waals surface area (Å²) in [6.45, 7) is 0. The number of anilines is 1. The van der Waals surface area contributed by atoms with Gasteiger partial charge in [0.05, 0.1) is 5.52 Å². The summed E-state index contributed by atoms with van der Waals surface area (Å²) >= 11 is 9.39. The summed E-state index contributed by atoms with van der Waals surface area (Å²) in [6.07, 6.45) is 0. The maximum atomic E-state index is 6.00. The number of hydrogen-bond acceptors (Lipinski definition) is 3. The second-order valence-corrected chi connectivity index (χ2v) is 5.46. The lowest BCUT2D eigenvalue weighted by molar-refractivity contribution is 1.23. The van der Waals surface area contributed by atoms with Gasteiger partial charge in [-0.3, -0.25) is 0 Å². The van der Waals surface area contributed by atoms with E-state index in [0.29, 0.717) is 16.7 Å². The van der Waals surface area contributed by atoms with E-state index in [4.69, 9.17) is 17.3 Å². The molecule has 0 saturated carbocycles. The zero-order valence-electron chi connectivity index (χ0n) is 9.77. The molecule has 94 valence electrons. The minimum absolute atomic E-state index is 0.460. The number of nitrogens with two attached hydrogens (primary N) is 1. The molecule has 2 aromatic carbocycles. The molecule has 0 spiro atoms. The minimum atomic E-state index is 0.460. The number of halogens is 2. The molecule has 3 rings (SSSR count). The largest absolute Gasteiger partial charge is 0.383 e. The Morgan fingerprint density at radius 3 is 2.68 bits per heavy atom. The molecular weight excluding hydrogens is 326 g/mol. The van der Waals surface area contributed by atoms with Crippen LogP contribution in [0.2, 0.25) is 5.02 Å². The van der Waals surface area contributed by atoms with Crippen LogP contribution >= 0.6 is 27.5 Å². The molecule has 5 heteroatoms. The van der Waals surface area contributed by atoms with Crippen LogP contribution in [0.3, 0.4) is 0 Å². The molecule has 19 heavy (non-hydrogen) atoms. The number of aromatic nitrogens is 2. The Labute approximate surface area is 123 Å². The first-order chi connectivity index (χ1) is 9.13. The second kappa shape index (κ2) is 4.79. The van der Waals surface area contributed by atoms with E-state index in [9.17, 15) is 0 Å². The SMILES string of the molecule is Nc1nc(-c2cccc(Cl)c2)nc2ccc(Br)cc12. The van der Waals surface area contributed by atoms with E-state index in [1.165, 1.54) is 0 Å². The monoisotopic (exact) mass is 333 g/mol. The molecule has 0 aliphatic rings. The average molecular weight is 335 g/mol. The number of fused-ring (bicyclic) bond motifs is 1. The molecule has 0 radical (unpaired) electrons. The molecule has 3 nitrogen and oxygen atoms in total. The van der Waals surface area contributed by atoms with Gasteiger partial charge in [-0.15, -0.1) is 0 Å². The predicted octanol–water partition coefficient (Wildman–Crippen LogP) is 4.29. The molecule has 0 fully saturated rings. The number of benzene rings is 2. The van der Waals surface area contributed by atoms with E-state index in [2.05, 4.69) is 25.9 Å². The zero-order valence-corrected chi connectivity index (χ0v) is 12.1. The summed E-state index contributed by atoms with van der Waals surface area (Å²) in [5, 5.41) is 1.48. The van der Waals surface area contributed by atoms with Crippen LogP contribution in [0.5, 0.6) is 0 Å². The number of nitrogens with zero attached hydrogens (tertiary/aromatic N) is 2. The highest BCUT2D eigenvalue weighted by Crippen LogP contribution is 2.26. The van der Waals surface area contributed by atoms with Crippen molar-refractivity contribution in [2.75, 3.05) is 5.73 Å². The third kappa shape index (κ3) is 2.41. The van der Waals surface area contributed by atoms with Crippen molar-refractivity contribution in [2.45, 2.75) is 0 Å². The summed E-state index contributed by atoms with van der Waals surface area (Å²) in [4.78, 5) is 8.86. The topological polar surface area (TPSA) is 51.8 Å². The van der Waals surface area contributed by atoms with Gasteiger partial charge in [-0.2, -0.15) is 0 Å². The third-order valence-corrected chi connectivity index (χ3v) is 3.50. The van der Waals surface area contributed by atoms with Crippen molar-refractivity contribution < 1.29 is 0 Å². The van der Waals surface area contributed by atoms with Gasteiger partial charge in [0.1, 0.15) is 5.82 Å². The quantitative estimate of drug-likeness (QED) is 0.722. The zero-order chi connectivity index (χ0) is 13.4. The summed E-state index contributed by atoms with van der Waals surface area (Å²) in [6, 6.07) is 13.1. The molecule has 0 unspecified atom stereocenters. The Morgan fingerprint density at radius 2 is 1.89 bits per heavy atom. The van der Waals surface area contributed by atoms with E-state index < -0.39 is 0 Å². The Bertz CT molecular complexity index is 774. The first-order valence-corrected chi connectivity index (χ1v) is 6.79. The lowest BCUT2D eigenvalue weighted by Gasteiger charge is -2.06. The van der Waals surface area contributed by atoms with Crippen LogP contribution < -0.4 is 5.73 Å². The van der Waals surface area contributed by atoms with Crippen molar-refractivity contribution in [1.29, 1.82) is 0 Å². The Balaban J connectivity index is 2.24. The summed E-state index contributed by atoms with van der Waals surface area (Å²) in [5.41, 5.74) is 7.66. The van der Waals surface area contributed by atoms with Crippen LogP contribution in [0, 0.1) is 0 Å². The van der Waals surface area contributed by atoms with Crippen molar-refractivity contribution in [1.82, 2.24) is 9.97 Å². The maximum absolute atomic E-state index is 6.00. The van der Waals surface area contributed by atoms with Gasteiger partial charge in [0, 0.05) is 20.4 Å². The van der Waals surface area contributed by atoms with Gasteiger partial charge in [0.25, 0.3) is 0 Å². The lowest BCUT2D eigenvalue weighted by atomic mass is 10.2. The summed E-state index contributed by atoms with van der Waals surface area (Å²) in [5.74, 6) is 1.04. The van der Waals surface area contributed by atoms with Crippen molar-refractivity contribution in [3.8, 4) is 11.4 Å². The number of nitrogen functional groups attached to an aromatic ring is 1. The maximum Gasteiger partial charge on any atom is 0.162 e. The van der Waals surface area contributed by atoms with E-state index in [1.54, 1.807) is 0 Å². The Morgan fingerprint density at radius 1 is 1.05 bits per heavy atom. The predicted molar refractivity (Wildman–Crippen MR) is 82.1 cm³/mol. The van der Waals surface area contributed by atoms with E-state index in [1.807, 2.05) is 42.5 Å². The fourth-order valence-electron chi connectivity index (χ4n) is 1.88. The average Bonchev–Trinajstić information content (AvgIpc) is 2.39. The van der Waals surface area contributed by atoms with E-state index >= 15 is 0 Å². The highest BCUT2D eigenvalue weighted by Gasteiger charge is 2.08. The molecule has 0 atom stereocenters. The molecule has 0 bridgehead atoms. The number of hydrogen-bond donors (Lipinski definition) is 1. The molecule has 3 aromatic rings. The highest BCUT2D eigenvalue weighted by molar-refractivity contribution is 9.10. The fraction of sp³-hybridized carbons (Fsp3) is 0. The van der Waals surface area contributed by atoms with Crippen LogP contribution in [0.1, 0.15) is 0 Å². The Hall–Kier alpha value is -1.65. The fourth-order valence-corrected chi connectivity index (χ4v) is 2.43. The summed E-state index contributed by atoms with van der Waals surface area (Å²) in [7, 11) is 0. The van der Waals surface area contributed by atoms with Gasteiger partial charge in [-0.25, -0.2) is 9.97 Å². The van der Waals surface area contributed by atoms with Crippen molar-refractivity contribution in [2.24, 2.45) is 0 Å². The van der Waals surface area contributed by atoms with Crippen LogP contribution in [-0.4, -0.2) is 9.97 Å². The molecule has 0 aliphatic carbocycles. The van der Waals surface area contributed by atoms with E-state index in [-0.39, 0.29) is 0 Å². The second-order valence-electron chi connectivity index (χ2n) is 4.10. The standard InChI is InChI=1S/C14H9BrClN3/c15-9-4-5-12-11(7-9)13(17)19-14(18-12)8-2-1-3-10(16)6-8/h1-7H,(H2,17,18,19). The van der Waals surface area contributed by atoms with Crippen molar-refractivity contribution >= 4 is 44.3 Å². The van der Waals surface area contributed by atoms with Crippen LogP contribution in [0.15, 0.2) is 46.9 Å². The molecular formula is C14H9BrClN3. The normalized spacial score (nSPS) is 10.8. The van der Waals surface area contributed by atoms with Gasteiger partial charge in [0.2, 0.25) is 0 Å². The van der Waals surface area contributed by atoms with Crippen molar-refractivity contribution in [3.05, 3.63) is 52.0 Å². The van der Waals surface area contributed by atoms with Gasteiger partial charge in [-0.05, 0) is 30.3 Å². The van der Waals surface area contributed by atoms with Gasteiger partial charge in [0.15, 0.2) is 5.82 Å². The smallest absolute Gasteiger partial charge is 0.162 e. The first-order valence-electron chi connectivity index (χ1n) is 5.62. The molecule has 0 saturated heterocycles. The van der Waals surface area contributed by atoms with Crippen LogP contribution in [-0.2, 0) is 0 Å². The summed E-state index contributed by atoms with van der Waals surface area (Å²) < 4.78 is 0.950. The lowest BCUT2D eigenvalue weighted by Crippen LogP contribution is -1.97. The van der Waals surface area contributed by atoms with Crippen LogP contribution in [0.4, 0.5) is 5.82 Å². The molecule has 1 heterocycles. The third-order valence-electron chi connectivity index (χ3n) is 2.77. The Kier molecular flexibility index (Phi) is 3.12. The van der Waals surface area contributed by atoms with Gasteiger partial charge < -0.3 is 5.73 Å². The number of rotatable bonds is 1. The minimum Gasteiger partial charge on any atom is -0.383 e. The highest BCUT2D eigenvalue weighted by atomic mass is 79.9. The molecule has 2 N–H and O–H groups in total. The van der Waals surface area contributed by atoms with Crippen molar-refractivity contribution in [3.63, 3.8) is 0 Å².